The molecular formula is C28H31NO5S. The molecule has 1 saturated carbocycles. The highest BCUT2D eigenvalue weighted by Crippen LogP contribution is 2.51. The van der Waals surface area contributed by atoms with Gasteiger partial charge in [0.05, 0.1) is 10.3 Å². The number of sulfonamides is 1. The van der Waals surface area contributed by atoms with Crippen LogP contribution in [0.3, 0.4) is 0 Å². The molecule has 0 amide bonds. The topological polar surface area (TPSA) is 81.7 Å². The molecule has 1 aliphatic carbocycles. The first kappa shape index (κ1) is 23.6. The van der Waals surface area contributed by atoms with Gasteiger partial charge in [-0.3, -0.25) is 4.79 Å². The van der Waals surface area contributed by atoms with Crippen LogP contribution in [0.1, 0.15) is 50.7 Å². The van der Waals surface area contributed by atoms with Crippen LogP contribution in [0, 0.1) is 0 Å². The van der Waals surface area contributed by atoms with Gasteiger partial charge in [0, 0.05) is 7.85 Å². The first-order valence-corrected chi connectivity index (χ1v) is 13.3. The molecule has 0 bridgehead atoms. The molecule has 0 spiro atoms. The second-order valence-electron chi connectivity index (χ2n) is 9.56. The smallest absolute Gasteiger partial charge is 0.240 e. The van der Waals surface area contributed by atoms with Gasteiger partial charge in [0.25, 0.3) is 0 Å². The molecule has 5 rings (SSSR count). The van der Waals surface area contributed by atoms with Crippen molar-refractivity contribution in [2.45, 2.75) is 49.3 Å². The summed E-state index contributed by atoms with van der Waals surface area (Å²) in [5.74, 6) is 1.90. The number of carbonyl (C=O) groups excluding carboxylic acids is 1. The highest BCUT2D eigenvalue weighted by Gasteiger charge is 2.50. The highest BCUT2D eigenvalue weighted by atomic mass is 32.2. The van der Waals surface area contributed by atoms with E-state index in [2.05, 4.69) is 30.7 Å². The molecule has 6 nitrogen and oxygen atoms in total. The maximum Gasteiger partial charge on any atom is 0.240 e. The van der Waals surface area contributed by atoms with Crippen LogP contribution < -0.4 is 14.2 Å². The van der Waals surface area contributed by atoms with Gasteiger partial charge in [-0.05, 0) is 77.9 Å². The largest absolute Gasteiger partial charge is 0.454 e. The predicted molar refractivity (Wildman–Crippen MR) is 137 cm³/mol. The molecular weight excluding hydrogens is 462 g/mol. The molecule has 0 aromatic heterocycles. The third-order valence-corrected chi connectivity index (χ3v) is 8.49. The molecule has 0 saturated heterocycles. The first-order chi connectivity index (χ1) is 16.7. The zero-order chi connectivity index (χ0) is 24.8. The maximum atomic E-state index is 13.5. The average molecular weight is 494 g/mol. The Labute approximate surface area is 207 Å². The van der Waals surface area contributed by atoms with E-state index < -0.39 is 15.4 Å². The SMILES string of the molecule is CNS(=O)(=O)c1ccc(-c2cc(CC(=O)C3(c4ccc5c(c4)OCO5)CC3)ccc2C(C)C)cc1.[HH]. The number of hydrogen-bond donors (Lipinski definition) is 1. The molecule has 35 heavy (non-hydrogen) atoms. The number of nitrogens with one attached hydrogen (secondary N) is 1. The molecule has 1 N–H and O–H groups in total. The summed E-state index contributed by atoms with van der Waals surface area (Å²) in [5, 5.41) is 0. The summed E-state index contributed by atoms with van der Waals surface area (Å²) in [6.07, 6.45) is 2.01. The van der Waals surface area contributed by atoms with E-state index in [0.29, 0.717) is 12.2 Å². The number of ketones is 1. The third kappa shape index (κ3) is 4.34. The van der Waals surface area contributed by atoms with E-state index in [1.165, 1.54) is 7.05 Å². The van der Waals surface area contributed by atoms with Gasteiger partial charge in [0.1, 0.15) is 5.78 Å². The quantitative estimate of drug-likeness (QED) is 0.466. The highest BCUT2D eigenvalue weighted by molar-refractivity contribution is 7.89. The molecule has 2 aliphatic rings. The van der Waals surface area contributed by atoms with Crippen molar-refractivity contribution in [3.8, 4) is 22.6 Å². The van der Waals surface area contributed by atoms with Gasteiger partial charge in [-0.25, -0.2) is 13.1 Å². The Hall–Kier alpha value is -3.16. The molecule has 1 heterocycles. The van der Waals surface area contributed by atoms with E-state index in [-0.39, 0.29) is 24.8 Å². The normalized spacial score (nSPS) is 15.9. The minimum absolute atomic E-state index is 0. The molecule has 184 valence electrons. The molecule has 1 aliphatic heterocycles. The summed E-state index contributed by atoms with van der Waals surface area (Å²) in [5.41, 5.74) is 4.59. The van der Waals surface area contributed by atoms with E-state index in [9.17, 15) is 13.2 Å². The Morgan fingerprint density at radius 1 is 1.00 bits per heavy atom. The standard InChI is InChI=1S/C28H29NO5S.H2/c1-18(2)23-10-4-19(14-24(23)20-5-8-22(9-6-20)35(31,32)29-3)15-27(30)28(12-13-28)21-7-11-25-26(16-21)34-17-33-25;/h4-11,14,16,18,29H,12-13,15,17H2,1-3H3;1H. The van der Waals surface area contributed by atoms with Crippen molar-refractivity contribution in [2.75, 3.05) is 13.8 Å². The van der Waals surface area contributed by atoms with Gasteiger partial charge in [0.2, 0.25) is 16.8 Å². The van der Waals surface area contributed by atoms with Crippen LogP contribution >= 0.6 is 0 Å². The second-order valence-corrected chi connectivity index (χ2v) is 11.4. The fourth-order valence-electron chi connectivity index (χ4n) is 4.80. The third-order valence-electron chi connectivity index (χ3n) is 7.06. The van der Waals surface area contributed by atoms with Crippen LogP contribution in [0.2, 0.25) is 0 Å². The Kier molecular flexibility index (Phi) is 5.93. The van der Waals surface area contributed by atoms with Crippen LogP contribution in [0.5, 0.6) is 11.5 Å². The van der Waals surface area contributed by atoms with Crippen molar-refractivity contribution in [2.24, 2.45) is 0 Å². The lowest BCUT2D eigenvalue weighted by molar-refractivity contribution is -0.120. The minimum atomic E-state index is -3.50. The van der Waals surface area contributed by atoms with Gasteiger partial charge in [-0.1, -0.05) is 50.2 Å². The Balaban J connectivity index is 0.00000304. The van der Waals surface area contributed by atoms with E-state index in [1.54, 1.807) is 12.1 Å². The molecule has 1 fully saturated rings. The van der Waals surface area contributed by atoms with Gasteiger partial charge in [0.15, 0.2) is 11.5 Å². The van der Waals surface area contributed by atoms with Crippen molar-refractivity contribution >= 4 is 15.8 Å². The molecule has 3 aromatic rings. The molecule has 3 aromatic carbocycles. The van der Waals surface area contributed by atoms with Crippen molar-refractivity contribution in [3.63, 3.8) is 0 Å². The summed E-state index contributed by atoms with van der Waals surface area (Å²) in [4.78, 5) is 13.7. The lowest BCUT2D eigenvalue weighted by Gasteiger charge is -2.18. The number of benzene rings is 3. The summed E-state index contributed by atoms with van der Waals surface area (Å²) in [6, 6.07) is 18.9. The number of Topliss-reactive ketones (excluding diaryl/α,β-unsaturated/α-hetero) is 1. The van der Waals surface area contributed by atoms with E-state index in [1.807, 2.05) is 36.4 Å². The first-order valence-electron chi connectivity index (χ1n) is 11.8. The van der Waals surface area contributed by atoms with Crippen molar-refractivity contribution in [3.05, 3.63) is 77.4 Å². The summed E-state index contributed by atoms with van der Waals surface area (Å²) >= 11 is 0. The van der Waals surface area contributed by atoms with Crippen molar-refractivity contribution in [1.29, 1.82) is 0 Å². The van der Waals surface area contributed by atoms with E-state index in [4.69, 9.17) is 9.47 Å². The summed E-state index contributed by atoms with van der Waals surface area (Å²) in [6.45, 7) is 4.47. The minimum Gasteiger partial charge on any atom is -0.454 e. The second kappa shape index (κ2) is 8.81. The Bertz CT molecular complexity index is 1400. The van der Waals surface area contributed by atoms with Gasteiger partial charge < -0.3 is 9.47 Å². The van der Waals surface area contributed by atoms with Crippen molar-refractivity contribution in [1.82, 2.24) is 4.72 Å². The van der Waals surface area contributed by atoms with Gasteiger partial charge in [-0.2, -0.15) is 0 Å². The molecule has 0 atom stereocenters. The van der Waals surface area contributed by atoms with E-state index in [0.717, 1.165) is 46.4 Å². The molecule has 7 heteroatoms. The predicted octanol–water partition coefficient (Wildman–Crippen LogP) is 5.20. The fourth-order valence-corrected chi connectivity index (χ4v) is 5.53. The van der Waals surface area contributed by atoms with Crippen LogP contribution in [0.25, 0.3) is 11.1 Å². The zero-order valence-electron chi connectivity index (χ0n) is 20.1. The summed E-state index contributed by atoms with van der Waals surface area (Å²) < 4.78 is 37.5. The fraction of sp³-hybridized carbons (Fsp3) is 0.321. The monoisotopic (exact) mass is 493 g/mol. The number of fused-ring (bicyclic) bond motifs is 1. The Morgan fingerprint density at radius 3 is 2.37 bits per heavy atom. The number of hydrogen-bond acceptors (Lipinski definition) is 5. The maximum absolute atomic E-state index is 13.5. The van der Waals surface area contributed by atoms with Crippen LogP contribution in [-0.4, -0.2) is 28.0 Å². The van der Waals surface area contributed by atoms with Gasteiger partial charge in [-0.15, -0.1) is 0 Å². The molecule has 0 radical (unpaired) electrons. The number of ether oxygens (including phenoxy) is 2. The van der Waals surface area contributed by atoms with Crippen LogP contribution in [0.4, 0.5) is 0 Å². The van der Waals surface area contributed by atoms with Gasteiger partial charge >= 0.3 is 0 Å². The molecule has 0 unspecified atom stereocenters. The number of carbonyl (C=O) groups is 1. The zero-order valence-corrected chi connectivity index (χ0v) is 20.9. The lowest BCUT2D eigenvalue weighted by Crippen LogP contribution is -2.22. The van der Waals surface area contributed by atoms with Crippen molar-refractivity contribution < 1.29 is 24.1 Å². The van der Waals surface area contributed by atoms with E-state index >= 15 is 0 Å². The summed E-state index contributed by atoms with van der Waals surface area (Å²) in [7, 11) is -2.10. The average Bonchev–Trinajstić information content (AvgIpc) is 3.54. The number of rotatable bonds is 8. The lowest BCUT2D eigenvalue weighted by atomic mass is 9.85. The van der Waals surface area contributed by atoms with Crippen LogP contribution in [-0.2, 0) is 26.7 Å². The Morgan fingerprint density at radius 2 is 1.71 bits per heavy atom. The van der Waals surface area contributed by atoms with Crippen LogP contribution in [0.15, 0.2) is 65.6 Å².